The van der Waals surface area contributed by atoms with Gasteiger partial charge in [0.2, 0.25) is 0 Å². The van der Waals surface area contributed by atoms with Crippen molar-refractivity contribution in [3.05, 3.63) is 59.5 Å². The lowest BCUT2D eigenvalue weighted by Crippen LogP contribution is -2.39. The number of hydrogen-bond donors (Lipinski definition) is 2. The van der Waals surface area contributed by atoms with Crippen molar-refractivity contribution in [3.8, 4) is 0 Å². The van der Waals surface area contributed by atoms with E-state index in [1.807, 2.05) is 18.2 Å². The van der Waals surface area contributed by atoms with Crippen molar-refractivity contribution in [1.82, 2.24) is 10.2 Å². The van der Waals surface area contributed by atoms with E-state index in [1.54, 1.807) is 6.26 Å². The van der Waals surface area contributed by atoms with Crippen molar-refractivity contribution >= 4 is 0 Å². The number of furan rings is 1. The van der Waals surface area contributed by atoms with E-state index >= 15 is 0 Å². The summed E-state index contributed by atoms with van der Waals surface area (Å²) in [5.41, 5.74) is 2.16. The fraction of sp³-hybridized carbons (Fsp3) is 0.500. The van der Waals surface area contributed by atoms with Crippen LogP contribution in [0.3, 0.4) is 0 Å². The van der Waals surface area contributed by atoms with Crippen LogP contribution in [0.2, 0.25) is 0 Å². The minimum atomic E-state index is 0.0867. The molecule has 0 saturated carbocycles. The maximum absolute atomic E-state index is 9.32. The Morgan fingerprint density at radius 1 is 1.17 bits per heavy atom. The van der Waals surface area contributed by atoms with Crippen LogP contribution in [0.4, 0.5) is 0 Å². The fourth-order valence-electron chi connectivity index (χ4n) is 3.49. The molecule has 0 bridgehead atoms. The van der Waals surface area contributed by atoms with Crippen LogP contribution in [0.15, 0.2) is 47.1 Å². The Balaban J connectivity index is 1.66. The van der Waals surface area contributed by atoms with E-state index in [9.17, 15) is 5.11 Å². The topological polar surface area (TPSA) is 48.6 Å². The van der Waals surface area contributed by atoms with Gasteiger partial charge in [-0.05, 0) is 56.1 Å². The Bertz CT molecular complexity index is 606. The van der Waals surface area contributed by atoms with Crippen LogP contribution in [0.1, 0.15) is 55.2 Å². The van der Waals surface area contributed by atoms with Gasteiger partial charge in [0.1, 0.15) is 5.76 Å². The molecule has 2 aromatic rings. The summed E-state index contributed by atoms with van der Waals surface area (Å²) in [6, 6.07) is 12.7. The van der Waals surface area contributed by atoms with Crippen molar-refractivity contribution in [3.63, 3.8) is 0 Å². The third kappa shape index (κ3) is 4.26. The first-order valence-corrected chi connectivity index (χ1v) is 8.98. The molecular weight excluding hydrogens is 300 g/mol. The molecule has 0 amide bonds. The van der Waals surface area contributed by atoms with E-state index in [1.165, 1.54) is 24.8 Å². The van der Waals surface area contributed by atoms with Gasteiger partial charge in [0, 0.05) is 12.6 Å². The zero-order chi connectivity index (χ0) is 16.8. The molecule has 24 heavy (non-hydrogen) atoms. The summed E-state index contributed by atoms with van der Waals surface area (Å²) in [6.07, 6.45) is 5.64. The monoisotopic (exact) mass is 328 g/mol. The second-order valence-corrected chi connectivity index (χ2v) is 6.66. The highest BCUT2D eigenvalue weighted by atomic mass is 16.3. The van der Waals surface area contributed by atoms with Gasteiger partial charge in [-0.15, -0.1) is 0 Å². The molecule has 4 heteroatoms. The molecule has 2 heterocycles. The highest BCUT2D eigenvalue weighted by Crippen LogP contribution is 2.25. The van der Waals surface area contributed by atoms with E-state index in [0.717, 1.165) is 31.0 Å². The standard InChI is InChI=1S/C20H28N2O2/c1-16(18-8-5-7-17(13-18)15-23)21-14-19(20-9-6-12-24-20)22-10-3-2-4-11-22/h5-9,12-13,16,19,21,23H,2-4,10-11,14-15H2,1H3. The molecule has 1 saturated heterocycles. The largest absolute Gasteiger partial charge is 0.468 e. The Labute approximate surface area is 144 Å². The number of aliphatic hydroxyl groups excluding tert-OH is 1. The Morgan fingerprint density at radius 3 is 2.71 bits per heavy atom. The molecule has 0 radical (unpaired) electrons. The summed E-state index contributed by atoms with van der Waals surface area (Å²) in [5, 5.41) is 13.0. The lowest BCUT2D eigenvalue weighted by atomic mass is 10.0. The van der Waals surface area contributed by atoms with Crippen LogP contribution in [-0.4, -0.2) is 29.6 Å². The zero-order valence-electron chi connectivity index (χ0n) is 14.4. The number of likely N-dealkylation sites (tertiary alicyclic amines) is 1. The number of rotatable bonds is 7. The number of nitrogens with one attached hydrogen (secondary N) is 1. The molecule has 2 N–H and O–H groups in total. The average molecular weight is 328 g/mol. The van der Waals surface area contributed by atoms with E-state index in [2.05, 4.69) is 35.3 Å². The van der Waals surface area contributed by atoms with Gasteiger partial charge in [0.15, 0.2) is 0 Å². The molecule has 130 valence electrons. The van der Waals surface area contributed by atoms with E-state index in [0.29, 0.717) is 0 Å². The van der Waals surface area contributed by atoms with Crippen LogP contribution in [0.5, 0.6) is 0 Å². The second kappa shape index (κ2) is 8.47. The van der Waals surface area contributed by atoms with Gasteiger partial charge >= 0.3 is 0 Å². The van der Waals surface area contributed by atoms with Crippen LogP contribution in [-0.2, 0) is 6.61 Å². The van der Waals surface area contributed by atoms with Crippen molar-refractivity contribution in [2.45, 2.75) is 44.9 Å². The minimum Gasteiger partial charge on any atom is -0.468 e. The first kappa shape index (κ1) is 17.2. The lowest BCUT2D eigenvalue weighted by molar-refractivity contribution is 0.140. The van der Waals surface area contributed by atoms with Crippen LogP contribution in [0.25, 0.3) is 0 Å². The third-order valence-electron chi connectivity index (χ3n) is 4.95. The normalized spacial score (nSPS) is 18.4. The number of aliphatic hydroxyl groups is 1. The second-order valence-electron chi connectivity index (χ2n) is 6.66. The SMILES string of the molecule is CC(NCC(c1ccco1)N1CCCCC1)c1cccc(CO)c1. The smallest absolute Gasteiger partial charge is 0.122 e. The highest BCUT2D eigenvalue weighted by molar-refractivity contribution is 5.25. The van der Waals surface area contributed by atoms with E-state index < -0.39 is 0 Å². The molecule has 1 aliphatic rings. The first-order valence-electron chi connectivity index (χ1n) is 8.98. The summed E-state index contributed by atoms with van der Waals surface area (Å²) in [6.45, 7) is 5.40. The lowest BCUT2D eigenvalue weighted by Gasteiger charge is -2.34. The number of piperidine rings is 1. The Kier molecular flexibility index (Phi) is 6.07. The molecule has 1 aromatic heterocycles. The third-order valence-corrected chi connectivity index (χ3v) is 4.95. The van der Waals surface area contributed by atoms with Crippen LogP contribution >= 0.6 is 0 Å². The molecule has 4 nitrogen and oxygen atoms in total. The van der Waals surface area contributed by atoms with Gasteiger partial charge in [-0.25, -0.2) is 0 Å². The van der Waals surface area contributed by atoms with Crippen molar-refractivity contribution in [1.29, 1.82) is 0 Å². The molecule has 2 atom stereocenters. The maximum atomic E-state index is 9.32. The summed E-state index contributed by atoms with van der Waals surface area (Å²) < 4.78 is 5.71. The number of hydrogen-bond acceptors (Lipinski definition) is 4. The summed E-state index contributed by atoms with van der Waals surface area (Å²) >= 11 is 0. The number of nitrogens with zero attached hydrogens (tertiary/aromatic N) is 1. The van der Waals surface area contributed by atoms with Crippen molar-refractivity contribution < 1.29 is 9.52 Å². The fourth-order valence-corrected chi connectivity index (χ4v) is 3.49. The molecule has 2 unspecified atom stereocenters. The van der Waals surface area contributed by atoms with Gasteiger partial charge in [0.05, 0.1) is 18.9 Å². The zero-order valence-corrected chi connectivity index (χ0v) is 14.4. The predicted octanol–water partition coefficient (Wildman–Crippen LogP) is 3.65. The molecule has 1 fully saturated rings. The van der Waals surface area contributed by atoms with Crippen LogP contribution < -0.4 is 5.32 Å². The molecule has 3 rings (SSSR count). The Hall–Kier alpha value is -1.62. The van der Waals surface area contributed by atoms with Gasteiger partial charge in [0.25, 0.3) is 0 Å². The minimum absolute atomic E-state index is 0.0867. The van der Waals surface area contributed by atoms with E-state index in [4.69, 9.17) is 4.42 Å². The molecule has 1 aliphatic heterocycles. The van der Waals surface area contributed by atoms with Gasteiger partial charge in [-0.2, -0.15) is 0 Å². The summed E-state index contributed by atoms with van der Waals surface area (Å²) in [7, 11) is 0. The molecule has 0 spiro atoms. The Morgan fingerprint density at radius 2 is 2.00 bits per heavy atom. The predicted molar refractivity (Wildman–Crippen MR) is 95.7 cm³/mol. The van der Waals surface area contributed by atoms with Crippen molar-refractivity contribution in [2.24, 2.45) is 0 Å². The molecule has 0 aliphatic carbocycles. The van der Waals surface area contributed by atoms with Gasteiger partial charge < -0.3 is 14.8 Å². The first-order chi connectivity index (χ1) is 11.8. The summed E-state index contributed by atoms with van der Waals surface area (Å²) in [4.78, 5) is 2.53. The van der Waals surface area contributed by atoms with Crippen LogP contribution in [0, 0.1) is 0 Å². The highest BCUT2D eigenvalue weighted by Gasteiger charge is 2.24. The summed E-state index contributed by atoms with van der Waals surface area (Å²) in [5.74, 6) is 1.04. The molecule has 1 aromatic carbocycles. The van der Waals surface area contributed by atoms with E-state index in [-0.39, 0.29) is 18.7 Å². The van der Waals surface area contributed by atoms with Gasteiger partial charge in [-0.3, -0.25) is 4.90 Å². The quantitative estimate of drug-likeness (QED) is 0.814. The maximum Gasteiger partial charge on any atom is 0.122 e. The van der Waals surface area contributed by atoms with Gasteiger partial charge in [-0.1, -0.05) is 30.7 Å². The average Bonchev–Trinajstić information content (AvgIpc) is 3.17. The molecular formula is C20H28N2O2. The van der Waals surface area contributed by atoms with Crippen molar-refractivity contribution in [2.75, 3.05) is 19.6 Å². The number of benzene rings is 1.